The van der Waals surface area contributed by atoms with Crippen molar-refractivity contribution in [2.75, 3.05) is 16.8 Å². The number of nitrogens with one attached hydrogen (secondary N) is 1. The highest BCUT2D eigenvalue weighted by Gasteiger charge is 2.07. The number of nitrogens with two attached hydrogens (primary N) is 1. The van der Waals surface area contributed by atoms with Crippen molar-refractivity contribution in [2.45, 2.75) is 4.21 Å². The van der Waals surface area contributed by atoms with Gasteiger partial charge in [-0.3, -0.25) is 4.79 Å². The summed E-state index contributed by atoms with van der Waals surface area (Å²) in [6.07, 6.45) is 1.65. The summed E-state index contributed by atoms with van der Waals surface area (Å²) >= 11 is 14.4. The van der Waals surface area contributed by atoms with Gasteiger partial charge in [0.15, 0.2) is 5.13 Å². The SMILES string of the molecule is Nc1ncc(SCC(=O)Nc2ccc(Cl)c(Cl)c2)s1. The van der Waals surface area contributed by atoms with Crippen LogP contribution in [-0.4, -0.2) is 16.6 Å². The molecule has 0 radical (unpaired) electrons. The second kappa shape index (κ2) is 6.47. The molecule has 3 N–H and O–H groups in total. The third-order valence-electron chi connectivity index (χ3n) is 2.05. The van der Waals surface area contributed by atoms with Crippen molar-refractivity contribution in [3.8, 4) is 0 Å². The number of carbonyl (C=O) groups excluding carboxylic acids is 1. The molecule has 0 atom stereocenters. The third kappa shape index (κ3) is 4.28. The molecule has 1 aromatic heterocycles. The molecular formula is C11H9Cl2N3OS2. The number of nitrogen functional groups attached to an aromatic ring is 1. The average molecular weight is 334 g/mol. The van der Waals surface area contributed by atoms with Crippen molar-refractivity contribution in [3.05, 3.63) is 34.4 Å². The molecule has 0 spiro atoms. The molecule has 19 heavy (non-hydrogen) atoms. The summed E-state index contributed by atoms with van der Waals surface area (Å²) in [5.41, 5.74) is 6.12. The molecule has 2 aromatic rings. The summed E-state index contributed by atoms with van der Waals surface area (Å²) in [7, 11) is 0. The van der Waals surface area contributed by atoms with Gasteiger partial charge in [-0.05, 0) is 18.2 Å². The summed E-state index contributed by atoms with van der Waals surface area (Å²) in [6.45, 7) is 0. The molecular weight excluding hydrogens is 325 g/mol. The third-order valence-corrected chi connectivity index (χ3v) is 4.81. The Bertz CT molecular complexity index is 603. The van der Waals surface area contributed by atoms with Crippen molar-refractivity contribution in [2.24, 2.45) is 0 Å². The van der Waals surface area contributed by atoms with E-state index >= 15 is 0 Å². The number of anilines is 2. The van der Waals surface area contributed by atoms with Crippen molar-refractivity contribution in [1.29, 1.82) is 0 Å². The summed E-state index contributed by atoms with van der Waals surface area (Å²) in [5, 5.41) is 4.09. The number of aromatic nitrogens is 1. The maximum atomic E-state index is 11.7. The maximum absolute atomic E-state index is 11.7. The zero-order valence-electron chi connectivity index (χ0n) is 9.52. The van der Waals surface area contributed by atoms with E-state index in [1.807, 2.05) is 0 Å². The van der Waals surface area contributed by atoms with Crippen LogP contribution in [0.15, 0.2) is 28.6 Å². The molecule has 4 nitrogen and oxygen atoms in total. The number of carbonyl (C=O) groups is 1. The van der Waals surface area contributed by atoms with E-state index in [-0.39, 0.29) is 11.7 Å². The highest BCUT2D eigenvalue weighted by Crippen LogP contribution is 2.27. The highest BCUT2D eigenvalue weighted by atomic mass is 35.5. The lowest BCUT2D eigenvalue weighted by Gasteiger charge is -2.05. The fraction of sp³-hybridized carbons (Fsp3) is 0.0909. The van der Waals surface area contributed by atoms with Crippen LogP contribution >= 0.6 is 46.3 Å². The van der Waals surface area contributed by atoms with Crippen LogP contribution in [0.25, 0.3) is 0 Å². The molecule has 1 aromatic carbocycles. The van der Waals surface area contributed by atoms with Gasteiger partial charge in [0.05, 0.1) is 26.2 Å². The molecule has 2 rings (SSSR count). The van der Waals surface area contributed by atoms with Crippen molar-refractivity contribution in [1.82, 2.24) is 4.98 Å². The van der Waals surface area contributed by atoms with Crippen LogP contribution < -0.4 is 11.1 Å². The molecule has 8 heteroatoms. The quantitative estimate of drug-likeness (QED) is 0.836. The van der Waals surface area contributed by atoms with Crippen LogP contribution in [0.5, 0.6) is 0 Å². The van der Waals surface area contributed by atoms with Gasteiger partial charge in [-0.2, -0.15) is 0 Å². The molecule has 0 fully saturated rings. The molecule has 100 valence electrons. The zero-order valence-corrected chi connectivity index (χ0v) is 12.7. The van der Waals surface area contributed by atoms with Gasteiger partial charge < -0.3 is 11.1 Å². The van der Waals surface area contributed by atoms with E-state index in [1.54, 1.807) is 24.4 Å². The number of thioether (sulfide) groups is 1. The fourth-order valence-corrected chi connectivity index (χ4v) is 3.10. The lowest BCUT2D eigenvalue weighted by atomic mass is 10.3. The summed E-state index contributed by atoms with van der Waals surface area (Å²) in [6, 6.07) is 4.94. The predicted octanol–water partition coefficient (Wildman–Crippen LogP) is 3.76. The minimum Gasteiger partial charge on any atom is -0.375 e. The van der Waals surface area contributed by atoms with E-state index < -0.39 is 0 Å². The van der Waals surface area contributed by atoms with Gasteiger partial charge in [0.1, 0.15) is 0 Å². The van der Waals surface area contributed by atoms with Gasteiger partial charge in [0.2, 0.25) is 5.91 Å². The Balaban J connectivity index is 1.88. The molecule has 0 aliphatic carbocycles. The van der Waals surface area contributed by atoms with E-state index in [4.69, 9.17) is 28.9 Å². The fourth-order valence-electron chi connectivity index (χ4n) is 1.25. The second-order valence-electron chi connectivity index (χ2n) is 3.48. The Morgan fingerprint density at radius 3 is 2.84 bits per heavy atom. The number of benzene rings is 1. The Morgan fingerprint density at radius 1 is 1.42 bits per heavy atom. The van der Waals surface area contributed by atoms with Crippen LogP contribution in [0.3, 0.4) is 0 Å². The molecule has 0 saturated heterocycles. The van der Waals surface area contributed by atoms with Gasteiger partial charge in [-0.1, -0.05) is 34.5 Å². The zero-order chi connectivity index (χ0) is 13.8. The monoisotopic (exact) mass is 333 g/mol. The molecule has 0 saturated carbocycles. The Labute approximate surface area is 128 Å². The van der Waals surface area contributed by atoms with Crippen molar-refractivity contribution in [3.63, 3.8) is 0 Å². The van der Waals surface area contributed by atoms with Crippen molar-refractivity contribution >= 4 is 63.0 Å². The van der Waals surface area contributed by atoms with Crippen LogP contribution in [0.2, 0.25) is 10.0 Å². The molecule has 0 aliphatic heterocycles. The first-order valence-corrected chi connectivity index (χ1v) is 7.69. The lowest BCUT2D eigenvalue weighted by Crippen LogP contribution is -2.13. The van der Waals surface area contributed by atoms with E-state index in [1.165, 1.54) is 23.1 Å². The second-order valence-corrected chi connectivity index (χ2v) is 6.64. The van der Waals surface area contributed by atoms with Gasteiger partial charge in [-0.25, -0.2) is 4.98 Å². The van der Waals surface area contributed by atoms with E-state index in [9.17, 15) is 4.79 Å². The minimum absolute atomic E-state index is 0.129. The van der Waals surface area contributed by atoms with E-state index in [2.05, 4.69) is 10.3 Å². The van der Waals surface area contributed by atoms with Gasteiger partial charge in [0.25, 0.3) is 0 Å². The Kier molecular flexibility index (Phi) is 4.93. The number of amides is 1. The van der Waals surface area contributed by atoms with E-state index in [0.717, 1.165) is 4.21 Å². The topological polar surface area (TPSA) is 68.0 Å². The lowest BCUT2D eigenvalue weighted by molar-refractivity contribution is -0.113. The molecule has 0 aliphatic rings. The number of thiazole rings is 1. The summed E-state index contributed by atoms with van der Waals surface area (Å²) in [4.78, 5) is 15.6. The Morgan fingerprint density at radius 2 is 2.21 bits per heavy atom. The molecule has 0 bridgehead atoms. The number of rotatable bonds is 4. The number of hydrogen-bond acceptors (Lipinski definition) is 5. The number of nitrogens with zero attached hydrogens (tertiary/aromatic N) is 1. The molecule has 1 amide bonds. The summed E-state index contributed by atoms with van der Waals surface area (Å²) in [5.74, 6) is 0.150. The van der Waals surface area contributed by atoms with Crippen LogP contribution in [0.4, 0.5) is 10.8 Å². The van der Waals surface area contributed by atoms with Crippen LogP contribution in [0.1, 0.15) is 0 Å². The first kappa shape index (κ1) is 14.5. The maximum Gasteiger partial charge on any atom is 0.234 e. The molecule has 1 heterocycles. The van der Waals surface area contributed by atoms with Gasteiger partial charge in [0, 0.05) is 5.69 Å². The first-order chi connectivity index (χ1) is 9.04. The average Bonchev–Trinajstić information content (AvgIpc) is 2.77. The smallest absolute Gasteiger partial charge is 0.234 e. The number of hydrogen-bond donors (Lipinski definition) is 2. The first-order valence-electron chi connectivity index (χ1n) is 5.13. The number of halogens is 2. The van der Waals surface area contributed by atoms with Gasteiger partial charge >= 0.3 is 0 Å². The molecule has 0 unspecified atom stereocenters. The van der Waals surface area contributed by atoms with Gasteiger partial charge in [-0.15, -0.1) is 11.8 Å². The summed E-state index contributed by atoms with van der Waals surface area (Å²) < 4.78 is 0.904. The minimum atomic E-state index is -0.129. The largest absolute Gasteiger partial charge is 0.375 e. The van der Waals surface area contributed by atoms with Crippen LogP contribution in [0, 0.1) is 0 Å². The van der Waals surface area contributed by atoms with Crippen molar-refractivity contribution < 1.29 is 4.79 Å². The van der Waals surface area contributed by atoms with E-state index in [0.29, 0.717) is 20.9 Å². The standard InChI is InChI=1S/C11H9Cl2N3OS2/c12-7-2-1-6(3-8(7)13)16-9(17)5-18-10-4-15-11(14)19-10/h1-4H,5H2,(H2,14,15)(H,16,17). The highest BCUT2D eigenvalue weighted by molar-refractivity contribution is 8.01. The van der Waals surface area contributed by atoms with Crippen LogP contribution in [-0.2, 0) is 4.79 Å². The Hall–Kier alpha value is -0.950. The predicted molar refractivity (Wildman–Crippen MR) is 82.3 cm³/mol. The normalized spacial score (nSPS) is 10.4.